The minimum absolute atomic E-state index is 0.328. The second-order valence-corrected chi connectivity index (χ2v) is 3.58. The topological polar surface area (TPSA) is 65.5 Å². The first-order valence-corrected chi connectivity index (χ1v) is 4.60. The van der Waals surface area contributed by atoms with Gasteiger partial charge < -0.3 is 14.9 Å². The smallest absolute Gasteiger partial charge is 0.410 e. The fourth-order valence-corrected chi connectivity index (χ4v) is 1.53. The zero-order chi connectivity index (χ0) is 10.1. The van der Waals surface area contributed by atoms with Crippen LogP contribution in [0.2, 0.25) is 0 Å². The van der Waals surface area contributed by atoms with Crippen molar-refractivity contribution >= 4 is 33.0 Å². The maximum Gasteiger partial charge on any atom is 0.410 e. The van der Waals surface area contributed by atoms with Gasteiger partial charge in [0, 0.05) is 4.47 Å². The van der Waals surface area contributed by atoms with Gasteiger partial charge in [-0.15, -0.1) is 0 Å². The molecule has 0 aliphatic carbocycles. The molecule has 4 nitrogen and oxygen atoms in total. The number of carbonyl (C=O) groups excluding carboxylic acids is 1. The molecule has 2 aromatic rings. The molecule has 0 saturated heterocycles. The molecule has 0 aliphatic heterocycles. The number of ether oxygens (including phenoxy) is 1. The maximum absolute atomic E-state index is 10.5. The number of halogens is 1. The van der Waals surface area contributed by atoms with Crippen LogP contribution in [-0.2, 0) is 0 Å². The van der Waals surface area contributed by atoms with E-state index in [4.69, 9.17) is 14.9 Å². The van der Waals surface area contributed by atoms with Gasteiger partial charge in [-0.25, -0.2) is 4.79 Å². The first kappa shape index (κ1) is 9.08. The third-order valence-electron chi connectivity index (χ3n) is 1.71. The van der Waals surface area contributed by atoms with Gasteiger partial charge >= 0.3 is 6.09 Å². The first-order valence-electron chi connectivity index (χ1n) is 3.81. The molecular weight excluding hydrogens is 250 g/mol. The number of amides is 1. The molecular formula is C9H6BrNO3. The summed E-state index contributed by atoms with van der Waals surface area (Å²) in [5, 5.41) is 0.707. The Morgan fingerprint density at radius 1 is 1.50 bits per heavy atom. The predicted molar refractivity (Wildman–Crippen MR) is 54.1 cm³/mol. The molecule has 0 atom stereocenters. The van der Waals surface area contributed by atoms with Gasteiger partial charge in [-0.2, -0.15) is 0 Å². The summed E-state index contributed by atoms with van der Waals surface area (Å²) in [6.45, 7) is 0. The third kappa shape index (κ3) is 1.58. The summed E-state index contributed by atoms with van der Waals surface area (Å²) in [4.78, 5) is 10.5. The quantitative estimate of drug-likeness (QED) is 0.852. The molecule has 1 aromatic carbocycles. The van der Waals surface area contributed by atoms with E-state index in [0.29, 0.717) is 16.7 Å². The van der Waals surface area contributed by atoms with E-state index in [-0.39, 0.29) is 0 Å². The lowest BCUT2D eigenvalue weighted by Crippen LogP contribution is -2.15. The van der Waals surface area contributed by atoms with Gasteiger partial charge in [-0.1, -0.05) is 15.9 Å². The Morgan fingerprint density at radius 2 is 2.29 bits per heavy atom. The van der Waals surface area contributed by atoms with E-state index in [1.807, 2.05) is 6.07 Å². The third-order valence-corrected chi connectivity index (χ3v) is 2.20. The van der Waals surface area contributed by atoms with Crippen molar-refractivity contribution in [3.8, 4) is 5.75 Å². The van der Waals surface area contributed by atoms with E-state index in [9.17, 15) is 4.79 Å². The van der Waals surface area contributed by atoms with Crippen LogP contribution in [0, 0.1) is 0 Å². The normalized spacial score (nSPS) is 10.4. The second-order valence-electron chi connectivity index (χ2n) is 2.66. The van der Waals surface area contributed by atoms with Crippen molar-refractivity contribution in [1.82, 2.24) is 0 Å². The number of furan rings is 1. The number of benzene rings is 1. The van der Waals surface area contributed by atoms with Gasteiger partial charge in [-0.05, 0) is 18.2 Å². The van der Waals surface area contributed by atoms with E-state index in [1.54, 1.807) is 12.1 Å². The lowest BCUT2D eigenvalue weighted by Gasteiger charge is -1.96. The number of carbonyl (C=O) groups is 1. The summed E-state index contributed by atoms with van der Waals surface area (Å²) in [5.74, 6) is 0.328. The molecule has 1 heterocycles. The fraction of sp³-hybridized carbons (Fsp3) is 0. The summed E-state index contributed by atoms with van der Waals surface area (Å²) >= 11 is 3.30. The number of rotatable bonds is 1. The van der Waals surface area contributed by atoms with Crippen LogP contribution in [0.25, 0.3) is 11.0 Å². The zero-order valence-electron chi connectivity index (χ0n) is 6.99. The number of primary amides is 1. The van der Waals surface area contributed by atoms with Gasteiger partial charge in [0.15, 0.2) is 5.75 Å². The van der Waals surface area contributed by atoms with Crippen LogP contribution in [0.15, 0.2) is 33.4 Å². The number of hydrogen-bond donors (Lipinski definition) is 1. The molecule has 5 heteroatoms. The summed E-state index contributed by atoms with van der Waals surface area (Å²) in [5.41, 5.74) is 5.54. The Balaban J connectivity index is 2.55. The van der Waals surface area contributed by atoms with E-state index in [0.717, 1.165) is 4.47 Å². The van der Waals surface area contributed by atoms with Crippen molar-refractivity contribution in [2.45, 2.75) is 0 Å². The van der Waals surface area contributed by atoms with Crippen molar-refractivity contribution in [2.24, 2.45) is 5.73 Å². The van der Waals surface area contributed by atoms with Crippen molar-refractivity contribution in [1.29, 1.82) is 0 Å². The maximum atomic E-state index is 10.5. The van der Waals surface area contributed by atoms with Gasteiger partial charge in [0.1, 0.15) is 11.8 Å². The number of fused-ring (bicyclic) bond motifs is 1. The fourth-order valence-electron chi connectivity index (χ4n) is 1.17. The Morgan fingerprint density at radius 3 is 3.00 bits per heavy atom. The van der Waals surface area contributed by atoms with Crippen molar-refractivity contribution in [3.05, 3.63) is 28.9 Å². The van der Waals surface area contributed by atoms with Crippen LogP contribution in [0.4, 0.5) is 4.79 Å². The van der Waals surface area contributed by atoms with Gasteiger partial charge in [-0.3, -0.25) is 0 Å². The lowest BCUT2D eigenvalue weighted by molar-refractivity contribution is 0.211. The standard InChI is InChI=1S/C9H6BrNO3/c10-5-1-2-7-6(3-5)8(4-13-7)14-9(11)12/h1-4H,(H2,11,12). The van der Waals surface area contributed by atoms with Gasteiger partial charge in [0.05, 0.1) is 5.39 Å². The first-order chi connectivity index (χ1) is 6.66. The number of nitrogens with two attached hydrogens (primary N) is 1. The van der Waals surface area contributed by atoms with Gasteiger partial charge in [0.2, 0.25) is 0 Å². The zero-order valence-corrected chi connectivity index (χ0v) is 8.58. The Labute approximate surface area is 87.8 Å². The highest BCUT2D eigenvalue weighted by Crippen LogP contribution is 2.30. The van der Waals surface area contributed by atoms with Gasteiger partial charge in [0.25, 0.3) is 0 Å². The highest BCUT2D eigenvalue weighted by atomic mass is 79.9. The monoisotopic (exact) mass is 255 g/mol. The molecule has 2 rings (SSSR count). The average Bonchev–Trinajstić information content (AvgIpc) is 2.47. The molecule has 14 heavy (non-hydrogen) atoms. The molecule has 1 aromatic heterocycles. The van der Waals surface area contributed by atoms with Crippen molar-refractivity contribution in [2.75, 3.05) is 0 Å². The highest BCUT2D eigenvalue weighted by molar-refractivity contribution is 9.10. The molecule has 72 valence electrons. The van der Waals surface area contributed by atoms with Crippen LogP contribution in [0.5, 0.6) is 5.75 Å². The summed E-state index contributed by atoms with van der Waals surface area (Å²) in [6, 6.07) is 5.39. The molecule has 0 bridgehead atoms. The van der Waals surface area contributed by atoms with E-state index in [1.165, 1.54) is 6.26 Å². The Bertz CT molecular complexity index is 492. The van der Waals surface area contributed by atoms with E-state index < -0.39 is 6.09 Å². The average molecular weight is 256 g/mol. The van der Waals surface area contributed by atoms with E-state index in [2.05, 4.69) is 15.9 Å². The minimum atomic E-state index is -0.854. The summed E-state index contributed by atoms with van der Waals surface area (Å²) in [7, 11) is 0. The number of hydrogen-bond acceptors (Lipinski definition) is 3. The Kier molecular flexibility index (Phi) is 2.17. The Hall–Kier alpha value is -1.49. The van der Waals surface area contributed by atoms with Crippen LogP contribution in [-0.4, -0.2) is 6.09 Å². The van der Waals surface area contributed by atoms with Crippen LogP contribution >= 0.6 is 15.9 Å². The highest BCUT2D eigenvalue weighted by Gasteiger charge is 2.09. The molecule has 0 spiro atoms. The van der Waals surface area contributed by atoms with Crippen molar-refractivity contribution < 1.29 is 13.9 Å². The second kappa shape index (κ2) is 3.34. The minimum Gasteiger partial charge on any atom is -0.460 e. The largest absolute Gasteiger partial charge is 0.460 e. The lowest BCUT2D eigenvalue weighted by atomic mass is 10.2. The molecule has 0 unspecified atom stereocenters. The van der Waals surface area contributed by atoms with Crippen molar-refractivity contribution in [3.63, 3.8) is 0 Å². The van der Waals surface area contributed by atoms with Crippen LogP contribution < -0.4 is 10.5 Å². The SMILES string of the molecule is NC(=O)Oc1coc2ccc(Br)cc12. The molecule has 0 fully saturated rings. The predicted octanol–water partition coefficient (Wildman–Crippen LogP) is 2.65. The van der Waals surface area contributed by atoms with Crippen LogP contribution in [0.1, 0.15) is 0 Å². The summed E-state index contributed by atoms with van der Waals surface area (Å²) < 4.78 is 10.8. The molecule has 0 aliphatic rings. The molecule has 1 amide bonds. The molecule has 0 radical (unpaired) electrons. The molecule has 0 saturated carbocycles. The molecule has 2 N–H and O–H groups in total. The van der Waals surface area contributed by atoms with Crippen LogP contribution in [0.3, 0.4) is 0 Å². The summed E-state index contributed by atoms with van der Waals surface area (Å²) in [6.07, 6.45) is 0.495. The van der Waals surface area contributed by atoms with E-state index >= 15 is 0 Å².